The minimum Gasteiger partial charge on any atom is -0.271 e. The number of hydrogen-bond donors (Lipinski definition) is 2. The Bertz CT molecular complexity index is 867. The van der Waals surface area contributed by atoms with Crippen LogP contribution < -0.4 is 10.9 Å². The molecular formula is C16H16N10O2. The van der Waals surface area contributed by atoms with Gasteiger partial charge in [0.25, 0.3) is 11.8 Å². The number of nitrogens with one attached hydrogen (secondary N) is 2. The Balaban J connectivity index is 1.42. The summed E-state index contributed by atoms with van der Waals surface area (Å²) in [4.78, 5) is 30.8. The fraction of sp³-hybridized carbons (Fsp3) is 0.125. The minimum atomic E-state index is -0.313. The highest BCUT2D eigenvalue weighted by molar-refractivity contribution is 5.85. The summed E-state index contributed by atoms with van der Waals surface area (Å²) in [5.74, 6) is -0.626. The van der Waals surface area contributed by atoms with Gasteiger partial charge in [-0.05, 0) is 11.1 Å². The minimum absolute atomic E-state index is 0.0371. The van der Waals surface area contributed by atoms with E-state index >= 15 is 0 Å². The molecule has 0 bridgehead atoms. The Morgan fingerprint density at radius 3 is 1.61 bits per heavy atom. The molecular weight excluding hydrogens is 364 g/mol. The van der Waals surface area contributed by atoms with E-state index in [1.807, 2.05) is 0 Å². The van der Waals surface area contributed by atoms with Crippen LogP contribution in [0.15, 0.2) is 59.8 Å². The van der Waals surface area contributed by atoms with Crippen molar-refractivity contribution in [1.82, 2.24) is 40.4 Å². The van der Waals surface area contributed by atoms with Gasteiger partial charge in [-0.1, -0.05) is 24.3 Å². The maximum absolute atomic E-state index is 11.7. The van der Waals surface area contributed by atoms with Crippen molar-refractivity contribution < 1.29 is 9.59 Å². The molecule has 28 heavy (non-hydrogen) atoms. The first-order valence-electron chi connectivity index (χ1n) is 8.08. The van der Waals surface area contributed by atoms with E-state index in [0.717, 1.165) is 11.1 Å². The van der Waals surface area contributed by atoms with E-state index in [0.29, 0.717) is 0 Å². The summed E-state index contributed by atoms with van der Waals surface area (Å²) in [6, 6.07) is 7.19. The highest BCUT2D eigenvalue weighted by atomic mass is 16.2. The molecule has 0 saturated carbocycles. The van der Waals surface area contributed by atoms with E-state index in [4.69, 9.17) is 0 Å². The maximum atomic E-state index is 11.7. The van der Waals surface area contributed by atoms with Crippen molar-refractivity contribution in [2.24, 2.45) is 10.2 Å². The summed E-state index contributed by atoms with van der Waals surface area (Å²) in [7, 11) is 0. The van der Waals surface area contributed by atoms with Crippen LogP contribution in [0.2, 0.25) is 0 Å². The van der Waals surface area contributed by atoms with Crippen molar-refractivity contribution in [1.29, 1.82) is 0 Å². The molecule has 2 amide bonds. The molecule has 1 aromatic carbocycles. The molecule has 0 saturated heterocycles. The highest BCUT2D eigenvalue weighted by Gasteiger charge is 2.01. The van der Waals surface area contributed by atoms with E-state index in [-0.39, 0.29) is 24.9 Å². The molecule has 142 valence electrons. The van der Waals surface area contributed by atoms with Gasteiger partial charge in [-0.15, -0.1) is 0 Å². The predicted octanol–water partition coefficient (Wildman–Crippen LogP) is -0.830. The summed E-state index contributed by atoms with van der Waals surface area (Å²) in [6.07, 6.45) is 8.62. The van der Waals surface area contributed by atoms with Crippen LogP contribution >= 0.6 is 0 Å². The number of benzene rings is 1. The van der Waals surface area contributed by atoms with Crippen molar-refractivity contribution in [3.63, 3.8) is 0 Å². The maximum Gasteiger partial charge on any atom is 0.261 e. The number of rotatable bonds is 8. The molecule has 2 N–H and O–H groups in total. The van der Waals surface area contributed by atoms with Gasteiger partial charge in [0, 0.05) is 0 Å². The van der Waals surface area contributed by atoms with E-state index in [1.54, 1.807) is 24.3 Å². The van der Waals surface area contributed by atoms with Crippen LogP contribution in [-0.4, -0.2) is 53.8 Å². The zero-order valence-electron chi connectivity index (χ0n) is 14.6. The molecule has 0 radical (unpaired) electrons. The summed E-state index contributed by atoms with van der Waals surface area (Å²) in [5, 5.41) is 15.4. The summed E-state index contributed by atoms with van der Waals surface area (Å²) in [6.45, 7) is 0.0741. The average molecular weight is 380 g/mol. The number of nitrogens with zero attached hydrogens (tertiary/aromatic N) is 8. The Morgan fingerprint density at radius 1 is 0.821 bits per heavy atom. The van der Waals surface area contributed by atoms with E-state index < -0.39 is 0 Å². The average Bonchev–Trinajstić information content (AvgIpc) is 3.37. The van der Waals surface area contributed by atoms with Crippen LogP contribution in [0.3, 0.4) is 0 Å². The molecule has 12 nitrogen and oxygen atoms in total. The summed E-state index contributed by atoms with van der Waals surface area (Å²) >= 11 is 0. The van der Waals surface area contributed by atoms with Crippen molar-refractivity contribution in [2.75, 3.05) is 0 Å². The van der Waals surface area contributed by atoms with E-state index in [2.05, 4.69) is 41.2 Å². The number of aromatic nitrogens is 6. The van der Waals surface area contributed by atoms with Crippen LogP contribution in [0.4, 0.5) is 0 Å². The van der Waals surface area contributed by atoms with Crippen molar-refractivity contribution >= 4 is 24.2 Å². The molecule has 3 aromatic rings. The number of hydrogen-bond acceptors (Lipinski definition) is 8. The first kappa shape index (κ1) is 18.6. The van der Waals surface area contributed by atoms with E-state index in [9.17, 15) is 9.59 Å². The van der Waals surface area contributed by atoms with Crippen LogP contribution in [-0.2, 0) is 22.7 Å². The normalized spacial score (nSPS) is 11.1. The lowest BCUT2D eigenvalue weighted by Crippen LogP contribution is -2.23. The number of carbonyl (C=O) groups excluding carboxylic acids is 2. The van der Waals surface area contributed by atoms with Crippen LogP contribution in [0, 0.1) is 0 Å². The second-order valence-corrected chi connectivity index (χ2v) is 5.44. The molecule has 2 heterocycles. The lowest BCUT2D eigenvalue weighted by Gasteiger charge is -2.00. The number of amides is 2. The van der Waals surface area contributed by atoms with Crippen LogP contribution in [0.1, 0.15) is 11.1 Å². The zero-order chi connectivity index (χ0) is 19.6. The molecule has 0 unspecified atom stereocenters. The van der Waals surface area contributed by atoms with Gasteiger partial charge in [0.2, 0.25) is 0 Å². The second kappa shape index (κ2) is 9.47. The first-order chi connectivity index (χ1) is 13.7. The molecule has 2 aromatic heterocycles. The lowest BCUT2D eigenvalue weighted by atomic mass is 10.2. The molecule has 0 aliphatic rings. The Kier molecular flexibility index (Phi) is 6.28. The largest absolute Gasteiger partial charge is 0.271 e. The first-order valence-corrected chi connectivity index (χ1v) is 8.08. The van der Waals surface area contributed by atoms with Crippen molar-refractivity contribution in [2.45, 2.75) is 13.1 Å². The van der Waals surface area contributed by atoms with Gasteiger partial charge < -0.3 is 0 Å². The fourth-order valence-corrected chi connectivity index (χ4v) is 2.02. The quantitative estimate of drug-likeness (QED) is 0.385. The van der Waals surface area contributed by atoms with Gasteiger partial charge in [0.05, 0.1) is 12.4 Å². The van der Waals surface area contributed by atoms with Crippen molar-refractivity contribution in [3.05, 3.63) is 60.7 Å². The molecule has 0 atom stereocenters. The second-order valence-electron chi connectivity index (χ2n) is 5.44. The Labute approximate surface area is 159 Å². The van der Waals surface area contributed by atoms with Gasteiger partial charge in [-0.2, -0.15) is 20.4 Å². The fourth-order valence-electron chi connectivity index (χ4n) is 2.02. The Hall–Kier alpha value is -4.22. The smallest absolute Gasteiger partial charge is 0.261 e. The lowest BCUT2D eigenvalue weighted by molar-refractivity contribution is -0.122. The summed E-state index contributed by atoms with van der Waals surface area (Å²) < 4.78 is 2.79. The van der Waals surface area contributed by atoms with Crippen LogP contribution in [0.5, 0.6) is 0 Å². The Morgan fingerprint density at radius 2 is 1.25 bits per heavy atom. The molecule has 0 aliphatic heterocycles. The standard InChI is InChI=1S/C16H16N10O2/c27-15(7-25-11-17-9-21-25)23-19-5-13-1-2-14(4-3-13)6-20-24-16(28)8-26-12-18-10-22-26/h1-6,9-12H,7-8H2,(H,23,27)(H,24,28)/b19-5+,20-6+. The highest BCUT2D eigenvalue weighted by Crippen LogP contribution is 2.00. The third-order valence-corrected chi connectivity index (χ3v) is 3.29. The number of carbonyl (C=O) groups is 2. The molecule has 0 aliphatic carbocycles. The van der Waals surface area contributed by atoms with Gasteiger partial charge >= 0.3 is 0 Å². The third-order valence-electron chi connectivity index (χ3n) is 3.29. The molecule has 3 rings (SSSR count). The van der Waals surface area contributed by atoms with Gasteiger partial charge in [0.15, 0.2) is 0 Å². The monoisotopic (exact) mass is 380 g/mol. The SMILES string of the molecule is O=C(Cn1cncn1)N/N=C/c1ccc(/C=N/NC(=O)Cn2cncn2)cc1. The van der Waals surface area contributed by atoms with E-state index in [1.165, 1.54) is 47.1 Å². The topological polar surface area (TPSA) is 144 Å². The van der Waals surface area contributed by atoms with Crippen LogP contribution in [0.25, 0.3) is 0 Å². The molecule has 0 fully saturated rings. The van der Waals surface area contributed by atoms with Crippen molar-refractivity contribution in [3.8, 4) is 0 Å². The van der Waals surface area contributed by atoms with Gasteiger partial charge in [0.1, 0.15) is 38.4 Å². The van der Waals surface area contributed by atoms with Gasteiger partial charge in [-0.25, -0.2) is 30.2 Å². The number of hydrazone groups is 2. The third kappa shape index (κ3) is 5.94. The molecule has 0 spiro atoms. The summed E-state index contributed by atoms with van der Waals surface area (Å²) in [5.41, 5.74) is 6.38. The molecule has 12 heteroatoms. The van der Waals surface area contributed by atoms with Gasteiger partial charge in [-0.3, -0.25) is 9.59 Å². The predicted molar refractivity (Wildman–Crippen MR) is 98.0 cm³/mol. The zero-order valence-corrected chi connectivity index (χ0v) is 14.6.